The van der Waals surface area contributed by atoms with Crippen molar-refractivity contribution in [3.63, 3.8) is 0 Å². The smallest absolute Gasteiger partial charge is 0.0152 e. The summed E-state index contributed by atoms with van der Waals surface area (Å²) in [5.41, 5.74) is 0.904. The van der Waals surface area contributed by atoms with Gasteiger partial charge in [0.2, 0.25) is 0 Å². The second-order valence-electron chi connectivity index (χ2n) is 5.54. The number of fused-ring (bicyclic) bond motifs is 3. The maximum atomic E-state index is 2.60. The first-order valence-corrected chi connectivity index (χ1v) is 5.37. The molecule has 12 heavy (non-hydrogen) atoms. The van der Waals surface area contributed by atoms with E-state index in [0.717, 1.165) is 29.2 Å². The number of piperidine rings is 1. The molecule has 0 amide bonds. The molecular formula is C11H19N. The highest BCUT2D eigenvalue weighted by molar-refractivity contribution is 5.26. The summed E-state index contributed by atoms with van der Waals surface area (Å²) in [5, 5.41) is 0. The lowest BCUT2D eigenvalue weighted by Gasteiger charge is -2.28. The lowest BCUT2D eigenvalue weighted by molar-refractivity contribution is 0.193. The molecule has 1 heteroatoms. The van der Waals surface area contributed by atoms with Crippen molar-refractivity contribution in [2.24, 2.45) is 23.2 Å². The first-order valence-electron chi connectivity index (χ1n) is 5.37. The lowest BCUT2D eigenvalue weighted by atomic mass is 9.97. The minimum Gasteiger partial charge on any atom is -0.303 e. The Balaban J connectivity index is 1.83. The van der Waals surface area contributed by atoms with Crippen molar-refractivity contribution in [2.45, 2.75) is 32.7 Å². The SMILES string of the molecule is CC(C)[C@@H]1C2C(CN1C)C21CC1. The number of rotatable bonds is 1. The molecule has 1 aliphatic heterocycles. The molecule has 0 aromatic heterocycles. The first-order chi connectivity index (χ1) is 5.67. The molecule has 1 saturated heterocycles. The maximum absolute atomic E-state index is 2.60. The van der Waals surface area contributed by atoms with Gasteiger partial charge >= 0.3 is 0 Å². The second-order valence-corrected chi connectivity index (χ2v) is 5.54. The van der Waals surface area contributed by atoms with Crippen LogP contribution in [0.4, 0.5) is 0 Å². The Morgan fingerprint density at radius 3 is 2.50 bits per heavy atom. The van der Waals surface area contributed by atoms with E-state index in [9.17, 15) is 0 Å². The molecule has 0 N–H and O–H groups in total. The fourth-order valence-corrected chi connectivity index (χ4v) is 3.96. The zero-order valence-electron chi connectivity index (χ0n) is 8.38. The Hall–Kier alpha value is -0.0400. The summed E-state index contributed by atoms with van der Waals surface area (Å²) in [6.45, 7) is 6.17. The van der Waals surface area contributed by atoms with Crippen molar-refractivity contribution in [3.05, 3.63) is 0 Å². The van der Waals surface area contributed by atoms with E-state index in [-0.39, 0.29) is 0 Å². The van der Waals surface area contributed by atoms with Gasteiger partial charge in [0, 0.05) is 12.6 Å². The van der Waals surface area contributed by atoms with Crippen molar-refractivity contribution < 1.29 is 0 Å². The summed E-state index contributed by atoms with van der Waals surface area (Å²) < 4.78 is 0. The highest BCUT2D eigenvalue weighted by atomic mass is 15.2. The third-order valence-electron chi connectivity index (χ3n) is 4.60. The highest BCUT2D eigenvalue weighted by Gasteiger charge is 2.76. The minimum atomic E-state index is 0.866. The van der Waals surface area contributed by atoms with Gasteiger partial charge in [-0.15, -0.1) is 0 Å². The first kappa shape index (κ1) is 7.37. The Labute approximate surface area is 75.1 Å². The van der Waals surface area contributed by atoms with Crippen LogP contribution < -0.4 is 0 Å². The van der Waals surface area contributed by atoms with E-state index < -0.39 is 0 Å². The van der Waals surface area contributed by atoms with Crippen LogP contribution in [0.3, 0.4) is 0 Å². The summed E-state index contributed by atoms with van der Waals surface area (Å²) in [4.78, 5) is 2.60. The van der Waals surface area contributed by atoms with Gasteiger partial charge < -0.3 is 4.90 Å². The van der Waals surface area contributed by atoms with Crippen molar-refractivity contribution in [3.8, 4) is 0 Å². The van der Waals surface area contributed by atoms with Gasteiger partial charge in [-0.2, -0.15) is 0 Å². The van der Waals surface area contributed by atoms with Crippen molar-refractivity contribution in [2.75, 3.05) is 13.6 Å². The Morgan fingerprint density at radius 1 is 1.33 bits per heavy atom. The summed E-state index contributed by atoms with van der Waals surface area (Å²) in [6, 6.07) is 0.914. The number of likely N-dealkylation sites (tertiary alicyclic amines) is 1. The molecule has 0 aromatic carbocycles. The number of nitrogens with zero attached hydrogens (tertiary/aromatic N) is 1. The van der Waals surface area contributed by atoms with E-state index >= 15 is 0 Å². The third kappa shape index (κ3) is 0.654. The fraction of sp³-hybridized carbons (Fsp3) is 1.00. The van der Waals surface area contributed by atoms with Gasteiger partial charge in [-0.1, -0.05) is 13.8 Å². The van der Waals surface area contributed by atoms with Gasteiger partial charge in [-0.25, -0.2) is 0 Å². The molecule has 3 aliphatic rings. The van der Waals surface area contributed by atoms with Crippen LogP contribution in [0.2, 0.25) is 0 Å². The Kier molecular flexibility index (Phi) is 1.16. The standard InChI is InChI=1S/C11H19N/c1-7(2)10-9-8(6-12(10)3)11(9)4-5-11/h7-10H,4-6H2,1-3H3/t8?,9?,10-/m1/s1. The normalized spacial score (nSPS) is 48.5. The molecule has 3 atom stereocenters. The molecule has 1 heterocycles. The van der Waals surface area contributed by atoms with Crippen LogP contribution in [-0.2, 0) is 0 Å². The molecule has 0 aromatic rings. The molecule has 2 aliphatic carbocycles. The van der Waals surface area contributed by atoms with E-state index in [1.165, 1.54) is 6.54 Å². The van der Waals surface area contributed by atoms with Crippen LogP contribution in [0.5, 0.6) is 0 Å². The predicted molar refractivity (Wildman–Crippen MR) is 49.9 cm³/mol. The highest BCUT2D eigenvalue weighted by Crippen LogP contribution is 2.79. The largest absolute Gasteiger partial charge is 0.303 e. The van der Waals surface area contributed by atoms with Crippen LogP contribution in [0.25, 0.3) is 0 Å². The summed E-state index contributed by atoms with van der Waals surface area (Å²) in [5.74, 6) is 3.07. The zero-order chi connectivity index (χ0) is 8.51. The van der Waals surface area contributed by atoms with Crippen molar-refractivity contribution in [1.29, 1.82) is 0 Å². The molecule has 3 rings (SSSR count). The Morgan fingerprint density at radius 2 is 2.00 bits per heavy atom. The van der Waals surface area contributed by atoms with E-state index in [0.29, 0.717) is 0 Å². The number of hydrogen-bond acceptors (Lipinski definition) is 1. The van der Waals surface area contributed by atoms with Crippen molar-refractivity contribution >= 4 is 0 Å². The van der Waals surface area contributed by atoms with E-state index in [2.05, 4.69) is 25.8 Å². The molecule has 0 radical (unpaired) electrons. The van der Waals surface area contributed by atoms with E-state index in [1.54, 1.807) is 12.8 Å². The average molecular weight is 165 g/mol. The van der Waals surface area contributed by atoms with Crippen LogP contribution in [-0.4, -0.2) is 24.5 Å². The lowest BCUT2D eigenvalue weighted by Crippen LogP contribution is -2.35. The molecule has 1 spiro atoms. The van der Waals surface area contributed by atoms with Gasteiger partial charge in [0.15, 0.2) is 0 Å². The molecule has 3 fully saturated rings. The van der Waals surface area contributed by atoms with Gasteiger partial charge in [0.05, 0.1) is 0 Å². The number of hydrogen-bond donors (Lipinski definition) is 0. The van der Waals surface area contributed by atoms with Gasteiger partial charge in [-0.3, -0.25) is 0 Å². The summed E-state index contributed by atoms with van der Waals surface area (Å²) in [7, 11) is 2.31. The van der Waals surface area contributed by atoms with E-state index in [4.69, 9.17) is 0 Å². The molecule has 1 nitrogen and oxygen atoms in total. The van der Waals surface area contributed by atoms with Gasteiger partial charge in [0.25, 0.3) is 0 Å². The predicted octanol–water partition coefficient (Wildman–Crippen LogP) is 1.98. The third-order valence-corrected chi connectivity index (χ3v) is 4.60. The zero-order valence-corrected chi connectivity index (χ0v) is 8.38. The summed E-state index contributed by atoms with van der Waals surface area (Å²) >= 11 is 0. The summed E-state index contributed by atoms with van der Waals surface area (Å²) in [6.07, 6.45) is 3.11. The average Bonchev–Trinajstić information content (AvgIpc) is 2.82. The molecule has 0 bridgehead atoms. The van der Waals surface area contributed by atoms with Gasteiger partial charge in [-0.05, 0) is 43.1 Å². The second kappa shape index (κ2) is 1.89. The molecular weight excluding hydrogens is 146 g/mol. The van der Waals surface area contributed by atoms with Crippen molar-refractivity contribution in [1.82, 2.24) is 4.90 Å². The monoisotopic (exact) mass is 165 g/mol. The topological polar surface area (TPSA) is 3.24 Å². The molecule has 68 valence electrons. The van der Waals surface area contributed by atoms with E-state index in [1.807, 2.05) is 0 Å². The van der Waals surface area contributed by atoms with Crippen LogP contribution >= 0.6 is 0 Å². The fourth-order valence-electron chi connectivity index (χ4n) is 3.96. The van der Waals surface area contributed by atoms with Crippen LogP contribution in [0.15, 0.2) is 0 Å². The molecule has 2 unspecified atom stereocenters. The minimum absolute atomic E-state index is 0.866. The Bertz CT molecular complexity index is 217. The van der Waals surface area contributed by atoms with Crippen LogP contribution in [0, 0.1) is 23.2 Å². The van der Waals surface area contributed by atoms with Gasteiger partial charge in [0.1, 0.15) is 0 Å². The quantitative estimate of drug-likeness (QED) is 0.574. The van der Waals surface area contributed by atoms with Crippen LogP contribution in [0.1, 0.15) is 26.7 Å². The maximum Gasteiger partial charge on any atom is 0.0152 e. The molecule has 2 saturated carbocycles.